The van der Waals surface area contributed by atoms with Gasteiger partial charge in [-0.2, -0.15) is 0 Å². The van der Waals surface area contributed by atoms with Crippen molar-refractivity contribution in [3.63, 3.8) is 0 Å². The lowest BCUT2D eigenvalue weighted by molar-refractivity contribution is 0.460. The van der Waals surface area contributed by atoms with Crippen LogP contribution in [0.25, 0.3) is 10.9 Å². The predicted octanol–water partition coefficient (Wildman–Crippen LogP) is 3.49. The second-order valence-electron chi connectivity index (χ2n) is 7.06. The van der Waals surface area contributed by atoms with Gasteiger partial charge in [0.25, 0.3) is 0 Å². The first kappa shape index (κ1) is 14.3. The van der Waals surface area contributed by atoms with E-state index in [1.807, 2.05) is 0 Å². The molecule has 0 amide bonds. The molecule has 0 bridgehead atoms. The molecule has 2 atom stereocenters. The number of fused-ring (bicyclic) bond motifs is 1. The van der Waals surface area contributed by atoms with Crippen molar-refractivity contribution in [2.45, 2.75) is 50.5 Å². The zero-order valence-corrected chi connectivity index (χ0v) is 13.5. The van der Waals surface area contributed by atoms with Crippen molar-refractivity contribution in [1.82, 2.24) is 15.6 Å². The predicted molar refractivity (Wildman–Crippen MR) is 92.6 cm³/mol. The summed E-state index contributed by atoms with van der Waals surface area (Å²) in [5.74, 6) is 1.31. The highest BCUT2D eigenvalue weighted by molar-refractivity contribution is 5.84. The third-order valence-corrected chi connectivity index (χ3v) is 5.74. The van der Waals surface area contributed by atoms with E-state index in [4.69, 9.17) is 0 Å². The first-order valence-electron chi connectivity index (χ1n) is 8.88. The van der Waals surface area contributed by atoms with Crippen LogP contribution in [0.15, 0.2) is 24.4 Å². The molecule has 22 heavy (non-hydrogen) atoms. The summed E-state index contributed by atoms with van der Waals surface area (Å²) in [6, 6.07) is 7.71. The van der Waals surface area contributed by atoms with Crippen molar-refractivity contribution in [3.05, 3.63) is 35.5 Å². The summed E-state index contributed by atoms with van der Waals surface area (Å²) in [5, 5.41) is 8.58. The van der Waals surface area contributed by atoms with Gasteiger partial charge in [-0.1, -0.05) is 13.0 Å². The number of rotatable bonds is 3. The number of aromatic nitrogens is 1. The van der Waals surface area contributed by atoms with Gasteiger partial charge in [-0.25, -0.2) is 0 Å². The molecule has 2 aliphatic rings. The van der Waals surface area contributed by atoms with Gasteiger partial charge in [0.15, 0.2) is 0 Å². The summed E-state index contributed by atoms with van der Waals surface area (Å²) < 4.78 is 0. The average molecular weight is 297 g/mol. The summed E-state index contributed by atoms with van der Waals surface area (Å²) in [7, 11) is 0. The minimum absolute atomic E-state index is 0.583. The van der Waals surface area contributed by atoms with E-state index in [1.54, 1.807) is 0 Å². The number of nitrogens with one attached hydrogen (secondary N) is 3. The topological polar surface area (TPSA) is 39.9 Å². The molecule has 2 aromatic rings. The van der Waals surface area contributed by atoms with Crippen LogP contribution in [0.2, 0.25) is 0 Å². The largest absolute Gasteiger partial charge is 0.361 e. The fraction of sp³-hybridized carbons (Fsp3) is 0.579. The highest BCUT2D eigenvalue weighted by atomic mass is 14.9. The molecule has 3 nitrogen and oxygen atoms in total. The van der Waals surface area contributed by atoms with Gasteiger partial charge in [0, 0.05) is 23.1 Å². The zero-order valence-electron chi connectivity index (χ0n) is 13.5. The van der Waals surface area contributed by atoms with E-state index in [1.165, 1.54) is 54.3 Å². The lowest BCUT2D eigenvalue weighted by Gasteiger charge is -2.23. The average Bonchev–Trinajstić information content (AvgIpc) is 3.24. The number of piperidine rings is 1. The molecule has 2 aliphatic heterocycles. The molecule has 118 valence electrons. The molecule has 2 unspecified atom stereocenters. The monoisotopic (exact) mass is 297 g/mol. The molecule has 1 aromatic carbocycles. The third-order valence-electron chi connectivity index (χ3n) is 5.74. The standard InChI is InChI=1S/C19H27N3/c1-13(18-3-2-8-21-18)17-12-22-19-5-4-15(11-16(17)19)14-6-9-20-10-7-14/h4-5,11-14,18,20-22H,2-3,6-10H2,1H3. The van der Waals surface area contributed by atoms with Crippen molar-refractivity contribution in [1.29, 1.82) is 0 Å². The second kappa shape index (κ2) is 6.05. The molecule has 0 saturated carbocycles. The summed E-state index contributed by atoms with van der Waals surface area (Å²) in [6.07, 6.45) is 7.40. The van der Waals surface area contributed by atoms with Gasteiger partial charge in [-0.3, -0.25) is 0 Å². The fourth-order valence-electron chi connectivity index (χ4n) is 4.30. The van der Waals surface area contributed by atoms with E-state index < -0.39 is 0 Å². The van der Waals surface area contributed by atoms with E-state index >= 15 is 0 Å². The molecule has 3 heteroatoms. The Morgan fingerprint density at radius 1 is 1.09 bits per heavy atom. The molecule has 0 spiro atoms. The minimum Gasteiger partial charge on any atom is -0.361 e. The summed E-state index contributed by atoms with van der Waals surface area (Å²) in [4.78, 5) is 3.48. The quantitative estimate of drug-likeness (QED) is 0.811. The second-order valence-corrected chi connectivity index (χ2v) is 7.06. The molecule has 2 saturated heterocycles. The van der Waals surface area contributed by atoms with Gasteiger partial charge in [0.2, 0.25) is 0 Å². The Labute approximate surface area is 132 Å². The van der Waals surface area contributed by atoms with Crippen molar-refractivity contribution in [3.8, 4) is 0 Å². The Kier molecular flexibility index (Phi) is 3.93. The van der Waals surface area contributed by atoms with E-state index in [-0.39, 0.29) is 0 Å². The van der Waals surface area contributed by atoms with Crippen LogP contribution < -0.4 is 10.6 Å². The third kappa shape index (κ3) is 2.57. The van der Waals surface area contributed by atoms with E-state index in [0.29, 0.717) is 12.0 Å². The summed E-state index contributed by atoms with van der Waals surface area (Å²) in [5.41, 5.74) is 4.31. The maximum absolute atomic E-state index is 3.67. The molecule has 3 N–H and O–H groups in total. The summed E-state index contributed by atoms with van der Waals surface area (Å²) in [6.45, 7) is 5.87. The van der Waals surface area contributed by atoms with Crippen LogP contribution in [0.1, 0.15) is 55.6 Å². The molecule has 4 rings (SSSR count). The first-order valence-corrected chi connectivity index (χ1v) is 8.88. The molecule has 1 aromatic heterocycles. The van der Waals surface area contributed by atoms with Crippen LogP contribution >= 0.6 is 0 Å². The maximum Gasteiger partial charge on any atom is 0.0457 e. The SMILES string of the molecule is CC(c1c[nH]c2ccc(C3CCNCC3)cc12)C1CCCN1. The van der Waals surface area contributed by atoms with Crippen molar-refractivity contribution in [2.24, 2.45) is 0 Å². The minimum atomic E-state index is 0.583. The van der Waals surface area contributed by atoms with Crippen LogP contribution in [0.3, 0.4) is 0 Å². The number of hydrogen-bond donors (Lipinski definition) is 3. The van der Waals surface area contributed by atoms with Crippen molar-refractivity contribution in [2.75, 3.05) is 19.6 Å². The molecule has 0 aliphatic carbocycles. The smallest absolute Gasteiger partial charge is 0.0457 e. The fourth-order valence-corrected chi connectivity index (χ4v) is 4.30. The van der Waals surface area contributed by atoms with Gasteiger partial charge < -0.3 is 15.6 Å². The molecule has 0 radical (unpaired) electrons. The first-order chi connectivity index (χ1) is 10.8. The van der Waals surface area contributed by atoms with Crippen LogP contribution in [0.4, 0.5) is 0 Å². The molecule has 2 fully saturated rings. The van der Waals surface area contributed by atoms with Crippen LogP contribution in [-0.2, 0) is 0 Å². The van der Waals surface area contributed by atoms with Gasteiger partial charge in [0.05, 0.1) is 0 Å². The zero-order chi connectivity index (χ0) is 14.9. The Bertz CT molecular complexity index is 633. The Hall–Kier alpha value is -1.32. The maximum atomic E-state index is 3.67. The highest BCUT2D eigenvalue weighted by Crippen LogP contribution is 2.34. The van der Waals surface area contributed by atoms with Crippen molar-refractivity contribution < 1.29 is 0 Å². The van der Waals surface area contributed by atoms with Gasteiger partial charge in [-0.15, -0.1) is 0 Å². The van der Waals surface area contributed by atoms with Gasteiger partial charge >= 0.3 is 0 Å². The Balaban J connectivity index is 1.66. The molecular weight excluding hydrogens is 270 g/mol. The van der Waals surface area contributed by atoms with Crippen LogP contribution in [0.5, 0.6) is 0 Å². The highest BCUT2D eigenvalue weighted by Gasteiger charge is 2.24. The van der Waals surface area contributed by atoms with Gasteiger partial charge in [-0.05, 0) is 80.4 Å². The normalized spacial score (nSPS) is 24.9. The van der Waals surface area contributed by atoms with Gasteiger partial charge in [0.1, 0.15) is 0 Å². The molecule has 3 heterocycles. The van der Waals surface area contributed by atoms with E-state index in [2.05, 4.69) is 46.9 Å². The Morgan fingerprint density at radius 2 is 1.95 bits per heavy atom. The Morgan fingerprint density at radius 3 is 2.73 bits per heavy atom. The van der Waals surface area contributed by atoms with Crippen LogP contribution in [-0.4, -0.2) is 30.7 Å². The number of aromatic amines is 1. The van der Waals surface area contributed by atoms with E-state index in [0.717, 1.165) is 19.0 Å². The van der Waals surface area contributed by atoms with Crippen LogP contribution in [0, 0.1) is 0 Å². The number of hydrogen-bond acceptors (Lipinski definition) is 2. The lowest BCUT2D eigenvalue weighted by atomic mass is 9.87. The molecular formula is C19H27N3. The lowest BCUT2D eigenvalue weighted by Crippen LogP contribution is -2.27. The number of benzene rings is 1. The van der Waals surface area contributed by atoms with E-state index in [9.17, 15) is 0 Å². The number of H-pyrrole nitrogens is 1. The van der Waals surface area contributed by atoms with Crippen molar-refractivity contribution >= 4 is 10.9 Å². The summed E-state index contributed by atoms with van der Waals surface area (Å²) >= 11 is 0.